The zero-order chi connectivity index (χ0) is 86.1. The standard InChI is InChI=1S/C122H99BN4/c1-78(2)92-69-104(82-39-19-13-20-40-82)119(106(71-92)90-49-33-47-88(65-90)86-45-31-43-84(63-86)80-35-15-11-16-36-80)126-114-76-98(124-110-55-27-23-51-100(110)101-52-24-28-56-111(101)124)59-61-108(114)123-109-62-60-99(125-112-57-29-25-53-102(112)103-54-26-30-58-113(103)125)77-115(109)127(117-74-95(73-116(126)118(117)123)94-67-96(121(5,6)7)75-97(68-94)122(8,9)10)120-105(83-41-21-14-22-42-83)70-93(79(3)4)72-107(120)91-50-34-48-89(66-91)87-46-32-44-85(64-87)81-37-17-12-18-38-81/h11-79H,1-10H3. The minimum Gasteiger partial charge on any atom is -0.310 e. The van der Waals surface area contributed by atoms with Gasteiger partial charge in [0, 0.05) is 77.9 Å². The van der Waals surface area contributed by atoms with Crippen molar-refractivity contribution >= 4 is 101 Å². The van der Waals surface area contributed by atoms with Crippen molar-refractivity contribution in [2.45, 2.75) is 91.9 Å². The molecule has 0 bridgehead atoms. The molecule has 18 aromatic carbocycles. The van der Waals surface area contributed by atoms with Crippen LogP contribution in [0.1, 0.15) is 103 Å². The smallest absolute Gasteiger partial charge is 0.252 e. The molecule has 610 valence electrons. The number of anilines is 6. The summed E-state index contributed by atoms with van der Waals surface area (Å²) in [5, 5.41) is 4.86. The highest BCUT2D eigenvalue weighted by Gasteiger charge is 2.47. The third kappa shape index (κ3) is 13.7. The van der Waals surface area contributed by atoms with E-state index in [4.69, 9.17) is 0 Å². The van der Waals surface area contributed by atoms with Crippen molar-refractivity contribution in [3.63, 3.8) is 0 Å². The van der Waals surface area contributed by atoms with E-state index >= 15 is 0 Å². The molecule has 0 aliphatic carbocycles. The second kappa shape index (κ2) is 31.2. The Bertz CT molecular complexity index is 7170. The highest BCUT2D eigenvalue weighted by atomic mass is 15.2. The van der Waals surface area contributed by atoms with Crippen molar-refractivity contribution in [2.75, 3.05) is 9.80 Å². The highest BCUT2D eigenvalue weighted by molar-refractivity contribution is 7.00. The van der Waals surface area contributed by atoms with E-state index in [-0.39, 0.29) is 29.4 Å². The molecule has 0 saturated carbocycles. The first-order chi connectivity index (χ1) is 61.9. The lowest BCUT2D eigenvalue weighted by molar-refractivity contribution is 0.569. The Balaban J connectivity index is 0.921. The van der Waals surface area contributed by atoms with Crippen LogP contribution >= 0.6 is 0 Å². The van der Waals surface area contributed by atoms with Gasteiger partial charge in [0.25, 0.3) is 6.71 Å². The van der Waals surface area contributed by atoms with Crippen molar-refractivity contribution in [3.8, 4) is 112 Å². The van der Waals surface area contributed by atoms with Gasteiger partial charge in [0.05, 0.1) is 33.4 Å². The summed E-state index contributed by atoms with van der Waals surface area (Å²) < 4.78 is 5.05. The fourth-order valence-corrected chi connectivity index (χ4v) is 20.3. The fourth-order valence-electron chi connectivity index (χ4n) is 20.3. The van der Waals surface area contributed by atoms with Gasteiger partial charge in [-0.3, -0.25) is 0 Å². The fraction of sp³-hybridized carbons (Fsp3) is 0.115. The summed E-state index contributed by atoms with van der Waals surface area (Å²) in [5.41, 5.74) is 42.4. The Morgan fingerprint density at radius 1 is 0.220 bits per heavy atom. The Hall–Kier alpha value is -14.8. The van der Waals surface area contributed by atoms with Crippen LogP contribution in [0.15, 0.2) is 406 Å². The topological polar surface area (TPSA) is 16.3 Å². The minimum absolute atomic E-state index is 0.164. The molecular formula is C122H99BN4. The number of hydrogen-bond acceptors (Lipinski definition) is 2. The molecular weight excluding hydrogens is 1530 g/mol. The molecule has 22 rings (SSSR count). The number of hydrogen-bond donors (Lipinski definition) is 0. The summed E-state index contributed by atoms with van der Waals surface area (Å²) >= 11 is 0. The molecule has 0 unspecified atom stereocenters. The van der Waals surface area contributed by atoms with Gasteiger partial charge < -0.3 is 18.9 Å². The quantitative estimate of drug-likeness (QED) is 0.0951. The predicted molar refractivity (Wildman–Crippen MR) is 544 cm³/mol. The molecule has 0 amide bonds. The van der Waals surface area contributed by atoms with Gasteiger partial charge in [-0.05, 0) is 248 Å². The first-order valence-corrected chi connectivity index (χ1v) is 45.1. The highest BCUT2D eigenvalue weighted by Crippen LogP contribution is 2.57. The summed E-state index contributed by atoms with van der Waals surface area (Å²) in [6.07, 6.45) is 0. The van der Waals surface area contributed by atoms with Gasteiger partial charge in [-0.15, -0.1) is 0 Å². The van der Waals surface area contributed by atoms with Crippen LogP contribution in [-0.4, -0.2) is 15.8 Å². The van der Waals surface area contributed by atoms with E-state index in [1.165, 1.54) is 82.4 Å². The average Bonchev–Trinajstić information content (AvgIpc) is 1.18. The van der Waals surface area contributed by atoms with Crippen molar-refractivity contribution < 1.29 is 0 Å². The predicted octanol–water partition coefficient (Wildman–Crippen LogP) is 31.8. The molecule has 0 saturated heterocycles. The van der Waals surface area contributed by atoms with Crippen LogP contribution in [0, 0.1) is 0 Å². The number of fused-ring (bicyclic) bond motifs is 10. The van der Waals surface area contributed by atoms with Crippen LogP contribution < -0.4 is 26.2 Å². The third-order valence-electron chi connectivity index (χ3n) is 26.9. The van der Waals surface area contributed by atoms with E-state index in [2.05, 4.69) is 495 Å². The number of benzene rings is 18. The monoisotopic (exact) mass is 1630 g/mol. The molecule has 0 radical (unpaired) electrons. The van der Waals surface area contributed by atoms with Gasteiger partial charge in [0.1, 0.15) is 0 Å². The molecule has 5 heteroatoms. The maximum Gasteiger partial charge on any atom is 0.252 e. The largest absolute Gasteiger partial charge is 0.310 e. The van der Waals surface area contributed by atoms with E-state index in [9.17, 15) is 0 Å². The van der Waals surface area contributed by atoms with E-state index in [1.807, 2.05) is 0 Å². The van der Waals surface area contributed by atoms with Crippen molar-refractivity contribution in [2.24, 2.45) is 0 Å². The lowest BCUT2D eigenvalue weighted by Gasteiger charge is -2.46. The molecule has 127 heavy (non-hydrogen) atoms. The number of nitrogens with zero attached hydrogens (tertiary/aromatic N) is 4. The Kier molecular flexibility index (Phi) is 19.2. The van der Waals surface area contributed by atoms with Crippen LogP contribution in [0.25, 0.3) is 155 Å². The molecule has 2 aliphatic rings. The number of rotatable bonds is 15. The van der Waals surface area contributed by atoms with E-state index in [0.717, 1.165) is 145 Å². The molecule has 0 fully saturated rings. The Morgan fingerprint density at radius 2 is 0.496 bits per heavy atom. The van der Waals surface area contributed by atoms with Crippen molar-refractivity contribution in [1.29, 1.82) is 0 Å². The Morgan fingerprint density at radius 3 is 0.827 bits per heavy atom. The summed E-state index contributed by atoms with van der Waals surface area (Å²) in [6, 6.07) is 155. The van der Waals surface area contributed by atoms with Crippen LogP contribution in [0.5, 0.6) is 0 Å². The number of para-hydroxylation sites is 4. The van der Waals surface area contributed by atoms with Crippen molar-refractivity contribution in [3.05, 3.63) is 429 Å². The molecule has 4 nitrogen and oxygen atoms in total. The summed E-state index contributed by atoms with van der Waals surface area (Å²) in [7, 11) is 0. The van der Waals surface area contributed by atoms with Crippen LogP contribution in [0.4, 0.5) is 34.1 Å². The van der Waals surface area contributed by atoms with Crippen LogP contribution in [0.2, 0.25) is 0 Å². The normalized spacial score (nSPS) is 12.6. The van der Waals surface area contributed by atoms with Gasteiger partial charge in [-0.2, -0.15) is 0 Å². The molecule has 2 aliphatic heterocycles. The lowest BCUT2D eigenvalue weighted by Crippen LogP contribution is -2.61. The molecule has 4 heterocycles. The van der Waals surface area contributed by atoms with Crippen molar-refractivity contribution in [1.82, 2.24) is 9.13 Å². The van der Waals surface area contributed by atoms with E-state index < -0.39 is 0 Å². The lowest BCUT2D eigenvalue weighted by atomic mass is 9.33. The first-order valence-electron chi connectivity index (χ1n) is 45.1. The van der Waals surface area contributed by atoms with Crippen LogP contribution in [0.3, 0.4) is 0 Å². The molecule has 2 aromatic heterocycles. The molecule has 0 spiro atoms. The van der Waals surface area contributed by atoms with E-state index in [1.54, 1.807) is 0 Å². The Labute approximate surface area is 746 Å². The minimum atomic E-state index is -0.334. The molecule has 0 atom stereocenters. The third-order valence-corrected chi connectivity index (χ3v) is 26.9. The van der Waals surface area contributed by atoms with Gasteiger partial charge in [0.15, 0.2) is 0 Å². The maximum atomic E-state index is 2.78. The zero-order valence-electron chi connectivity index (χ0n) is 73.7. The summed E-state index contributed by atoms with van der Waals surface area (Å²) in [4.78, 5) is 5.55. The molecule has 20 aromatic rings. The van der Waals surface area contributed by atoms with Crippen LogP contribution in [-0.2, 0) is 10.8 Å². The van der Waals surface area contributed by atoms with Gasteiger partial charge in [-0.1, -0.05) is 366 Å². The zero-order valence-corrected chi connectivity index (χ0v) is 73.7. The SMILES string of the molecule is CC(C)c1cc(-c2ccccc2)c(N2c3cc(-n4c5ccccc5c5ccccc54)ccc3B3c4ccc(-n5c6ccccc6c6ccccc65)cc4N(c4c(-c5ccccc5)cc(C(C)C)cc4-c4cccc(-c5cccc(-c6ccccc6)c5)c4)c4cc(-c5cc(C(C)(C)C)cc(C(C)(C)C)c5)cc2c43)c(-c2cccc(-c3cccc(-c4ccccc4)c3)c2)c1. The van der Waals surface area contributed by atoms with Gasteiger partial charge in [-0.25, -0.2) is 0 Å². The average molecular weight is 1630 g/mol. The van der Waals surface area contributed by atoms with Gasteiger partial charge in [0.2, 0.25) is 0 Å². The molecule has 0 N–H and O–H groups in total. The second-order valence-corrected chi connectivity index (χ2v) is 37.6. The summed E-state index contributed by atoms with van der Waals surface area (Å²) in [5.74, 6) is 0.327. The first kappa shape index (κ1) is 78.2. The second-order valence-electron chi connectivity index (χ2n) is 37.6. The van der Waals surface area contributed by atoms with E-state index in [0.29, 0.717) is 0 Å². The summed E-state index contributed by atoms with van der Waals surface area (Å²) in [6.45, 7) is 23.4. The number of aromatic nitrogens is 2. The maximum absolute atomic E-state index is 2.78. The van der Waals surface area contributed by atoms with Gasteiger partial charge >= 0.3 is 0 Å².